The first-order valence-corrected chi connectivity index (χ1v) is 9.39. The average molecular weight is 378 g/mol. The van der Waals surface area contributed by atoms with E-state index >= 15 is 0 Å². The van der Waals surface area contributed by atoms with E-state index in [0.717, 1.165) is 11.1 Å². The summed E-state index contributed by atoms with van der Waals surface area (Å²) in [5, 5.41) is 13.0. The summed E-state index contributed by atoms with van der Waals surface area (Å²) in [5.74, 6) is -2.26. The number of rotatable bonds is 5. The van der Waals surface area contributed by atoms with Crippen LogP contribution in [0, 0.1) is 17.2 Å². The molecule has 3 rings (SSSR count). The predicted molar refractivity (Wildman–Crippen MR) is 103 cm³/mol. The van der Waals surface area contributed by atoms with E-state index in [1.807, 2.05) is 60.7 Å². The molecule has 0 saturated heterocycles. The minimum absolute atomic E-state index is 0.372. The Kier molecular flexibility index (Phi) is 5.94. The highest BCUT2D eigenvalue weighted by Crippen LogP contribution is 2.40. The number of benzene rings is 2. The van der Waals surface area contributed by atoms with Crippen LogP contribution in [0.1, 0.15) is 17.0 Å². The van der Waals surface area contributed by atoms with Crippen molar-refractivity contribution < 1.29 is 14.3 Å². The topological polar surface area (TPSA) is 79.2 Å². The van der Waals surface area contributed by atoms with Gasteiger partial charge >= 0.3 is 5.97 Å². The Balaban J connectivity index is 2.01. The van der Waals surface area contributed by atoms with E-state index in [1.54, 1.807) is 0 Å². The largest absolute Gasteiger partial charge is 0.468 e. The lowest BCUT2D eigenvalue weighted by atomic mass is 9.78. The highest BCUT2D eigenvalue weighted by atomic mass is 32.2. The third kappa shape index (κ3) is 4.04. The minimum atomic E-state index is -1.09. The molecule has 2 atom stereocenters. The lowest BCUT2D eigenvalue weighted by Gasteiger charge is -2.31. The smallest absolute Gasteiger partial charge is 0.319 e. The summed E-state index contributed by atoms with van der Waals surface area (Å²) in [6.45, 7) is 0. The number of nitrogens with one attached hydrogen (secondary N) is 1. The summed E-state index contributed by atoms with van der Waals surface area (Å²) in [6.07, 6.45) is 0. The Labute approximate surface area is 162 Å². The number of carbonyl (C=O) groups excluding carboxylic acids is 2. The van der Waals surface area contributed by atoms with Gasteiger partial charge in [0.2, 0.25) is 5.91 Å². The van der Waals surface area contributed by atoms with Gasteiger partial charge in [-0.05, 0) is 11.1 Å². The SMILES string of the molecule is COC(=O)[C@@H]1C(=O)NC(SCc2ccccc2)=C(C#N)[C@H]1c1ccccc1. The number of hydrogen-bond donors (Lipinski definition) is 1. The van der Waals surface area contributed by atoms with E-state index in [-0.39, 0.29) is 0 Å². The van der Waals surface area contributed by atoms with E-state index in [0.29, 0.717) is 16.4 Å². The van der Waals surface area contributed by atoms with Gasteiger partial charge in [0.1, 0.15) is 5.92 Å². The number of nitriles is 1. The van der Waals surface area contributed by atoms with Crippen molar-refractivity contribution in [3.8, 4) is 6.07 Å². The van der Waals surface area contributed by atoms with Gasteiger partial charge in [-0.25, -0.2) is 0 Å². The summed E-state index contributed by atoms with van der Waals surface area (Å²) in [5.41, 5.74) is 2.18. The van der Waals surface area contributed by atoms with Crippen molar-refractivity contribution in [3.63, 3.8) is 0 Å². The molecular weight excluding hydrogens is 360 g/mol. The molecule has 6 heteroatoms. The average Bonchev–Trinajstić information content (AvgIpc) is 2.72. The maximum Gasteiger partial charge on any atom is 0.319 e. The monoisotopic (exact) mass is 378 g/mol. The van der Waals surface area contributed by atoms with E-state index in [4.69, 9.17) is 4.74 Å². The number of hydrogen-bond acceptors (Lipinski definition) is 5. The van der Waals surface area contributed by atoms with Gasteiger partial charge < -0.3 is 10.1 Å². The summed E-state index contributed by atoms with van der Waals surface area (Å²) in [4.78, 5) is 25.0. The van der Waals surface area contributed by atoms with Crippen LogP contribution in [0.4, 0.5) is 0 Å². The summed E-state index contributed by atoms with van der Waals surface area (Å²) in [6, 6.07) is 21.1. The Morgan fingerprint density at radius 3 is 2.37 bits per heavy atom. The second-order valence-corrected chi connectivity index (χ2v) is 6.99. The summed E-state index contributed by atoms with van der Waals surface area (Å²) in [7, 11) is 1.24. The van der Waals surface area contributed by atoms with Gasteiger partial charge in [0.25, 0.3) is 0 Å². The van der Waals surface area contributed by atoms with Crippen LogP contribution >= 0.6 is 11.8 Å². The van der Waals surface area contributed by atoms with Gasteiger partial charge in [-0.2, -0.15) is 5.26 Å². The van der Waals surface area contributed by atoms with Gasteiger partial charge in [0.15, 0.2) is 0 Å². The van der Waals surface area contributed by atoms with Gasteiger partial charge in [0.05, 0.1) is 23.8 Å². The summed E-state index contributed by atoms with van der Waals surface area (Å²) >= 11 is 1.38. The van der Waals surface area contributed by atoms with Crippen LogP contribution in [-0.4, -0.2) is 19.0 Å². The van der Waals surface area contributed by atoms with E-state index in [1.165, 1.54) is 18.9 Å². The molecule has 136 valence electrons. The normalized spacial score (nSPS) is 19.2. The fourth-order valence-electron chi connectivity index (χ4n) is 3.07. The van der Waals surface area contributed by atoms with Crippen LogP contribution < -0.4 is 5.32 Å². The minimum Gasteiger partial charge on any atom is -0.468 e. The molecule has 0 spiro atoms. The molecule has 0 aliphatic carbocycles. The number of thioether (sulfide) groups is 1. The number of esters is 1. The Hall–Kier alpha value is -3.04. The second-order valence-electron chi connectivity index (χ2n) is 6.01. The highest BCUT2D eigenvalue weighted by molar-refractivity contribution is 8.02. The van der Waals surface area contributed by atoms with Gasteiger partial charge in [-0.15, -0.1) is 11.8 Å². The number of ether oxygens (including phenoxy) is 1. The lowest BCUT2D eigenvalue weighted by Crippen LogP contribution is -2.44. The molecule has 0 unspecified atom stereocenters. The molecule has 27 heavy (non-hydrogen) atoms. The van der Waals surface area contributed by atoms with Crippen molar-refractivity contribution in [1.29, 1.82) is 5.26 Å². The number of nitrogens with zero attached hydrogens (tertiary/aromatic N) is 1. The Bertz CT molecular complexity index is 904. The van der Waals surface area contributed by atoms with Crippen LogP contribution in [0.2, 0.25) is 0 Å². The Morgan fingerprint density at radius 1 is 1.15 bits per heavy atom. The van der Waals surface area contributed by atoms with Crippen molar-refractivity contribution in [2.45, 2.75) is 11.7 Å². The molecule has 5 nitrogen and oxygen atoms in total. The van der Waals surface area contributed by atoms with Gasteiger partial charge in [-0.1, -0.05) is 60.7 Å². The molecule has 0 fully saturated rings. The van der Waals surface area contributed by atoms with Crippen LogP contribution in [-0.2, 0) is 20.1 Å². The molecule has 0 aromatic heterocycles. The van der Waals surface area contributed by atoms with Crippen molar-refractivity contribution >= 4 is 23.6 Å². The van der Waals surface area contributed by atoms with Crippen LogP contribution in [0.15, 0.2) is 71.3 Å². The molecule has 1 N–H and O–H groups in total. The first kappa shape index (κ1) is 18.7. The second kappa shape index (κ2) is 8.56. The van der Waals surface area contributed by atoms with E-state index in [2.05, 4.69) is 11.4 Å². The van der Waals surface area contributed by atoms with Crippen molar-refractivity contribution in [2.24, 2.45) is 5.92 Å². The zero-order valence-corrected chi connectivity index (χ0v) is 15.5. The summed E-state index contributed by atoms with van der Waals surface area (Å²) < 4.78 is 4.83. The fraction of sp³-hybridized carbons (Fsp3) is 0.190. The molecular formula is C21H18N2O3S. The number of methoxy groups -OCH3 is 1. The first-order valence-electron chi connectivity index (χ1n) is 8.40. The maximum absolute atomic E-state index is 12.7. The molecule has 1 amide bonds. The van der Waals surface area contributed by atoms with Crippen LogP contribution in [0.5, 0.6) is 0 Å². The molecule has 1 aliphatic heterocycles. The zero-order valence-electron chi connectivity index (χ0n) is 14.7. The third-order valence-electron chi connectivity index (χ3n) is 4.37. The molecule has 2 aromatic rings. The number of carbonyl (C=O) groups is 2. The van der Waals surface area contributed by atoms with E-state index in [9.17, 15) is 14.9 Å². The molecule has 0 radical (unpaired) electrons. The Morgan fingerprint density at radius 2 is 1.78 bits per heavy atom. The molecule has 0 saturated carbocycles. The fourth-order valence-corrected chi connectivity index (χ4v) is 4.07. The zero-order chi connectivity index (χ0) is 19.2. The molecule has 0 bridgehead atoms. The van der Waals surface area contributed by atoms with Gasteiger partial charge in [0, 0.05) is 11.7 Å². The standard InChI is InChI=1S/C21H18N2O3S/c1-26-21(25)18-17(15-10-6-3-7-11-15)16(12-22)20(23-19(18)24)27-13-14-8-4-2-5-9-14/h2-11,17-18H,13H2,1H3,(H,23,24)/t17-,18+/m1/s1. The van der Waals surface area contributed by atoms with Gasteiger partial charge in [-0.3, -0.25) is 9.59 Å². The predicted octanol–water partition coefficient (Wildman–Crippen LogP) is 3.36. The lowest BCUT2D eigenvalue weighted by molar-refractivity contribution is -0.150. The molecule has 1 aliphatic rings. The molecule has 2 aromatic carbocycles. The third-order valence-corrected chi connectivity index (χ3v) is 5.46. The van der Waals surface area contributed by atoms with Crippen molar-refractivity contribution in [3.05, 3.63) is 82.4 Å². The van der Waals surface area contributed by atoms with Crippen LogP contribution in [0.25, 0.3) is 0 Å². The highest BCUT2D eigenvalue weighted by Gasteiger charge is 2.44. The van der Waals surface area contributed by atoms with E-state index < -0.39 is 23.7 Å². The van der Waals surface area contributed by atoms with Crippen molar-refractivity contribution in [1.82, 2.24) is 5.32 Å². The maximum atomic E-state index is 12.7. The molecule has 1 heterocycles. The first-order chi connectivity index (χ1) is 13.2. The number of allylic oxidation sites excluding steroid dienone is 1. The van der Waals surface area contributed by atoms with Crippen molar-refractivity contribution in [2.75, 3.05) is 7.11 Å². The number of amides is 1. The quantitative estimate of drug-likeness (QED) is 0.637. The van der Waals surface area contributed by atoms with Crippen LogP contribution in [0.3, 0.4) is 0 Å².